The van der Waals surface area contributed by atoms with Crippen molar-refractivity contribution in [3.8, 4) is 11.5 Å². The number of amides is 3. The highest BCUT2D eigenvalue weighted by Crippen LogP contribution is 2.27. The molecule has 0 bridgehead atoms. The fraction of sp³-hybridized carbons (Fsp3) is 0.286. The van der Waals surface area contributed by atoms with Crippen molar-refractivity contribution in [2.24, 2.45) is 0 Å². The van der Waals surface area contributed by atoms with Gasteiger partial charge in [0.15, 0.2) is 11.5 Å². The maximum atomic E-state index is 12.4. The molecule has 1 heterocycles. The predicted octanol–water partition coefficient (Wildman–Crippen LogP) is 2.28. The summed E-state index contributed by atoms with van der Waals surface area (Å²) in [5.74, 6) is 0.714. The van der Waals surface area contributed by atoms with E-state index < -0.39 is 0 Å². The average Bonchev–Trinajstić information content (AvgIpc) is 3.04. The van der Waals surface area contributed by atoms with E-state index in [0.717, 1.165) is 11.1 Å². The molecule has 3 rings (SSSR count). The van der Waals surface area contributed by atoms with Crippen molar-refractivity contribution < 1.29 is 23.9 Å². The summed E-state index contributed by atoms with van der Waals surface area (Å²) in [4.78, 5) is 37.0. The van der Waals surface area contributed by atoms with Crippen LogP contribution in [0.4, 0.5) is 0 Å². The minimum absolute atomic E-state index is 0.151. The van der Waals surface area contributed by atoms with Crippen LogP contribution in [0.25, 0.3) is 0 Å². The van der Waals surface area contributed by atoms with Gasteiger partial charge in [-0.25, -0.2) is 0 Å². The van der Waals surface area contributed by atoms with E-state index in [1.54, 1.807) is 44.6 Å². The van der Waals surface area contributed by atoms with Crippen LogP contribution in [0.3, 0.4) is 0 Å². The first-order valence-corrected chi connectivity index (χ1v) is 8.93. The molecule has 7 nitrogen and oxygen atoms in total. The molecule has 1 saturated heterocycles. The highest BCUT2D eigenvalue weighted by atomic mass is 16.5. The monoisotopic (exact) mass is 382 g/mol. The maximum absolute atomic E-state index is 12.4. The number of hydrogen-bond donors (Lipinski definition) is 1. The zero-order valence-corrected chi connectivity index (χ0v) is 15.9. The quantitative estimate of drug-likeness (QED) is 0.743. The summed E-state index contributed by atoms with van der Waals surface area (Å²) >= 11 is 0. The third-order valence-electron chi connectivity index (χ3n) is 4.61. The SMILES string of the molecule is COc1ccc(CNC(=O)c2ccc(CN3C(=O)CCC3=O)cc2)cc1OC. The van der Waals surface area contributed by atoms with Crippen molar-refractivity contribution in [2.45, 2.75) is 25.9 Å². The Hall–Kier alpha value is -3.35. The molecule has 28 heavy (non-hydrogen) atoms. The molecule has 0 spiro atoms. The van der Waals surface area contributed by atoms with Gasteiger partial charge < -0.3 is 14.8 Å². The van der Waals surface area contributed by atoms with E-state index in [2.05, 4.69) is 5.32 Å². The summed E-state index contributed by atoms with van der Waals surface area (Å²) in [7, 11) is 3.13. The lowest BCUT2D eigenvalue weighted by Gasteiger charge is -2.14. The molecule has 0 radical (unpaired) electrons. The van der Waals surface area contributed by atoms with Gasteiger partial charge in [0.25, 0.3) is 5.91 Å². The summed E-state index contributed by atoms with van der Waals surface area (Å²) in [6, 6.07) is 12.3. The minimum Gasteiger partial charge on any atom is -0.493 e. The standard InChI is InChI=1S/C21H22N2O5/c1-27-17-8-5-15(11-18(17)28-2)12-22-21(26)16-6-3-14(4-7-16)13-23-19(24)9-10-20(23)25/h3-8,11H,9-10,12-13H2,1-2H3,(H,22,26). The van der Waals surface area contributed by atoms with E-state index in [-0.39, 0.29) is 37.1 Å². The number of carbonyl (C=O) groups is 3. The minimum atomic E-state index is -0.213. The third-order valence-corrected chi connectivity index (χ3v) is 4.61. The first kappa shape index (κ1) is 19.4. The molecule has 1 fully saturated rings. The lowest BCUT2D eigenvalue weighted by molar-refractivity contribution is -0.139. The topological polar surface area (TPSA) is 84.9 Å². The largest absolute Gasteiger partial charge is 0.493 e. The third kappa shape index (κ3) is 4.31. The Balaban J connectivity index is 1.59. The molecule has 0 unspecified atom stereocenters. The number of methoxy groups -OCH3 is 2. The molecule has 0 saturated carbocycles. The summed E-state index contributed by atoms with van der Waals surface area (Å²) in [5.41, 5.74) is 2.19. The van der Waals surface area contributed by atoms with Crippen LogP contribution < -0.4 is 14.8 Å². The van der Waals surface area contributed by atoms with Crippen LogP contribution in [-0.2, 0) is 22.7 Å². The molecule has 2 aromatic carbocycles. The summed E-state index contributed by atoms with van der Waals surface area (Å²) in [6.07, 6.45) is 0.547. The van der Waals surface area contributed by atoms with Gasteiger partial charge >= 0.3 is 0 Å². The van der Waals surface area contributed by atoms with Crippen molar-refractivity contribution in [3.05, 3.63) is 59.2 Å². The van der Waals surface area contributed by atoms with E-state index in [9.17, 15) is 14.4 Å². The van der Waals surface area contributed by atoms with Gasteiger partial charge in [-0.3, -0.25) is 19.3 Å². The second kappa shape index (κ2) is 8.56. The molecule has 0 aromatic heterocycles. The number of imide groups is 1. The first-order chi connectivity index (χ1) is 13.5. The molecular weight excluding hydrogens is 360 g/mol. The van der Waals surface area contributed by atoms with Crippen LogP contribution in [0.15, 0.2) is 42.5 Å². The number of ether oxygens (including phenoxy) is 2. The van der Waals surface area contributed by atoms with E-state index >= 15 is 0 Å². The van der Waals surface area contributed by atoms with Crippen LogP contribution in [-0.4, -0.2) is 36.8 Å². The van der Waals surface area contributed by atoms with Gasteiger partial charge in [0, 0.05) is 24.9 Å². The number of likely N-dealkylation sites (tertiary alicyclic amines) is 1. The molecule has 2 aromatic rings. The molecule has 0 atom stereocenters. The Morgan fingerprint density at radius 1 is 0.929 bits per heavy atom. The van der Waals surface area contributed by atoms with Crippen LogP contribution in [0.1, 0.15) is 34.3 Å². The Labute approximate surface area is 163 Å². The maximum Gasteiger partial charge on any atom is 0.251 e. The average molecular weight is 382 g/mol. The van der Waals surface area contributed by atoms with Crippen LogP contribution >= 0.6 is 0 Å². The first-order valence-electron chi connectivity index (χ1n) is 8.93. The number of carbonyl (C=O) groups excluding carboxylic acids is 3. The smallest absolute Gasteiger partial charge is 0.251 e. The second-order valence-corrected chi connectivity index (χ2v) is 6.44. The highest BCUT2D eigenvalue weighted by molar-refractivity contribution is 6.01. The Bertz CT molecular complexity index is 876. The number of hydrogen-bond acceptors (Lipinski definition) is 5. The van der Waals surface area contributed by atoms with E-state index in [0.29, 0.717) is 23.6 Å². The normalized spacial score (nSPS) is 13.6. The van der Waals surface area contributed by atoms with Crippen LogP contribution in [0.2, 0.25) is 0 Å². The summed E-state index contributed by atoms with van der Waals surface area (Å²) in [5, 5.41) is 2.86. The van der Waals surface area contributed by atoms with Gasteiger partial charge in [-0.05, 0) is 35.4 Å². The Morgan fingerprint density at radius 3 is 2.14 bits per heavy atom. The zero-order valence-electron chi connectivity index (χ0n) is 15.9. The van der Waals surface area contributed by atoms with Crippen molar-refractivity contribution in [1.29, 1.82) is 0 Å². The van der Waals surface area contributed by atoms with Gasteiger partial charge in [-0.1, -0.05) is 18.2 Å². The Kier molecular flexibility index (Phi) is 5.93. The highest BCUT2D eigenvalue weighted by Gasteiger charge is 2.28. The van der Waals surface area contributed by atoms with Gasteiger partial charge in [0.05, 0.1) is 20.8 Å². The number of rotatable bonds is 7. The predicted molar refractivity (Wildman–Crippen MR) is 102 cm³/mol. The Morgan fingerprint density at radius 2 is 1.54 bits per heavy atom. The van der Waals surface area contributed by atoms with Crippen molar-refractivity contribution in [1.82, 2.24) is 10.2 Å². The fourth-order valence-electron chi connectivity index (χ4n) is 3.02. The summed E-state index contributed by atoms with van der Waals surface area (Å²) < 4.78 is 10.5. The number of nitrogens with zero attached hydrogens (tertiary/aromatic N) is 1. The van der Waals surface area contributed by atoms with E-state index in [1.807, 2.05) is 12.1 Å². The van der Waals surface area contributed by atoms with Gasteiger partial charge in [-0.15, -0.1) is 0 Å². The molecule has 1 aliphatic heterocycles. The molecule has 0 aliphatic carbocycles. The van der Waals surface area contributed by atoms with Gasteiger partial charge in [0.2, 0.25) is 11.8 Å². The molecule has 7 heteroatoms. The number of benzene rings is 2. The van der Waals surface area contributed by atoms with Crippen molar-refractivity contribution in [3.63, 3.8) is 0 Å². The van der Waals surface area contributed by atoms with Crippen molar-refractivity contribution in [2.75, 3.05) is 14.2 Å². The van der Waals surface area contributed by atoms with Gasteiger partial charge in [0.1, 0.15) is 0 Å². The molecular formula is C21H22N2O5. The number of nitrogens with one attached hydrogen (secondary N) is 1. The van der Waals surface area contributed by atoms with E-state index in [4.69, 9.17) is 9.47 Å². The molecule has 3 amide bonds. The fourth-order valence-corrected chi connectivity index (χ4v) is 3.02. The van der Waals surface area contributed by atoms with Crippen LogP contribution in [0, 0.1) is 0 Å². The lowest BCUT2D eigenvalue weighted by Crippen LogP contribution is -2.28. The lowest BCUT2D eigenvalue weighted by atomic mass is 10.1. The summed E-state index contributed by atoms with van der Waals surface area (Å²) in [6.45, 7) is 0.586. The van der Waals surface area contributed by atoms with Crippen molar-refractivity contribution >= 4 is 17.7 Å². The van der Waals surface area contributed by atoms with E-state index in [1.165, 1.54) is 4.90 Å². The molecule has 146 valence electrons. The van der Waals surface area contributed by atoms with Gasteiger partial charge in [-0.2, -0.15) is 0 Å². The molecule has 1 N–H and O–H groups in total. The second-order valence-electron chi connectivity index (χ2n) is 6.44. The molecule has 1 aliphatic rings. The van der Waals surface area contributed by atoms with Crippen LogP contribution in [0.5, 0.6) is 11.5 Å². The zero-order chi connectivity index (χ0) is 20.1.